The molecule has 21 heavy (non-hydrogen) atoms. The van der Waals surface area contributed by atoms with Crippen molar-refractivity contribution in [1.29, 1.82) is 0 Å². The molecule has 0 saturated carbocycles. The Bertz CT molecular complexity index is 427. The summed E-state index contributed by atoms with van der Waals surface area (Å²) in [6, 6.07) is 3.54. The molecule has 1 fully saturated rings. The summed E-state index contributed by atoms with van der Waals surface area (Å²) in [6.07, 6.45) is 5.00. The lowest BCUT2D eigenvalue weighted by Gasteiger charge is -2.27. The Morgan fingerprint density at radius 3 is 2.76 bits per heavy atom. The normalized spacial score (nSPS) is 20.1. The van der Waals surface area contributed by atoms with Crippen molar-refractivity contribution in [3.8, 4) is 0 Å². The van der Waals surface area contributed by atoms with E-state index in [1.807, 2.05) is 26.0 Å². The molecule has 1 aromatic heterocycles. The topological polar surface area (TPSA) is 71.5 Å². The molecular weight excluding hydrogens is 266 g/mol. The van der Waals surface area contributed by atoms with E-state index in [0.29, 0.717) is 6.54 Å². The lowest BCUT2D eigenvalue weighted by atomic mass is 9.99. The van der Waals surface area contributed by atoms with Crippen molar-refractivity contribution in [3.63, 3.8) is 0 Å². The Kier molecular flexibility index (Phi) is 5.82. The number of carbonyl (C=O) groups excluding carboxylic acids is 1. The van der Waals surface area contributed by atoms with Crippen LogP contribution < -0.4 is 11.1 Å². The molecule has 1 aliphatic heterocycles. The maximum Gasteiger partial charge on any atom is 0.237 e. The van der Waals surface area contributed by atoms with Crippen LogP contribution in [0.25, 0.3) is 0 Å². The molecule has 0 aromatic carbocycles. The van der Waals surface area contributed by atoms with E-state index in [0.717, 1.165) is 25.3 Å². The van der Waals surface area contributed by atoms with Gasteiger partial charge in [-0.05, 0) is 44.0 Å². The van der Waals surface area contributed by atoms with E-state index in [2.05, 4.69) is 10.2 Å². The molecule has 0 spiro atoms. The second kappa shape index (κ2) is 7.61. The van der Waals surface area contributed by atoms with Gasteiger partial charge in [-0.15, -0.1) is 0 Å². The smallest absolute Gasteiger partial charge is 0.237 e. The van der Waals surface area contributed by atoms with Gasteiger partial charge in [-0.1, -0.05) is 20.3 Å². The number of amides is 1. The third kappa shape index (κ3) is 4.08. The number of carbonyl (C=O) groups is 1. The molecule has 0 bridgehead atoms. The molecule has 3 N–H and O–H groups in total. The molecule has 1 amide bonds. The van der Waals surface area contributed by atoms with Crippen LogP contribution in [0.5, 0.6) is 0 Å². The zero-order valence-corrected chi connectivity index (χ0v) is 13.0. The molecule has 0 radical (unpaired) electrons. The van der Waals surface area contributed by atoms with Crippen LogP contribution in [0.4, 0.5) is 0 Å². The number of hydrogen-bond acceptors (Lipinski definition) is 4. The summed E-state index contributed by atoms with van der Waals surface area (Å²) in [5, 5.41) is 3.00. The van der Waals surface area contributed by atoms with Gasteiger partial charge in [0.15, 0.2) is 0 Å². The third-order valence-corrected chi connectivity index (χ3v) is 4.48. The Balaban J connectivity index is 1.95. The highest BCUT2D eigenvalue weighted by Crippen LogP contribution is 2.24. The van der Waals surface area contributed by atoms with Crippen LogP contribution in [-0.4, -0.2) is 36.5 Å². The fourth-order valence-electron chi connectivity index (χ4n) is 2.77. The number of furan rings is 1. The van der Waals surface area contributed by atoms with Gasteiger partial charge in [0.1, 0.15) is 5.76 Å². The Morgan fingerprint density at radius 2 is 2.19 bits per heavy atom. The number of hydrogen-bond donors (Lipinski definition) is 2. The average molecular weight is 293 g/mol. The number of nitrogens with zero attached hydrogens (tertiary/aromatic N) is 1. The van der Waals surface area contributed by atoms with Gasteiger partial charge < -0.3 is 15.5 Å². The molecule has 0 aliphatic carbocycles. The molecular formula is C16H27N3O2. The second-order valence-corrected chi connectivity index (χ2v) is 5.93. The Hall–Kier alpha value is -1.33. The number of likely N-dealkylation sites (tertiary alicyclic amines) is 1. The molecule has 2 heterocycles. The van der Waals surface area contributed by atoms with E-state index in [-0.39, 0.29) is 17.9 Å². The minimum atomic E-state index is -0.439. The van der Waals surface area contributed by atoms with Crippen LogP contribution in [0.1, 0.15) is 44.9 Å². The number of rotatable bonds is 7. The largest absolute Gasteiger partial charge is 0.468 e. The van der Waals surface area contributed by atoms with E-state index in [4.69, 9.17) is 10.2 Å². The zero-order chi connectivity index (χ0) is 15.2. The van der Waals surface area contributed by atoms with Crippen LogP contribution in [0.2, 0.25) is 0 Å². The maximum absolute atomic E-state index is 12.1. The van der Waals surface area contributed by atoms with E-state index in [9.17, 15) is 4.79 Å². The zero-order valence-electron chi connectivity index (χ0n) is 13.0. The van der Waals surface area contributed by atoms with E-state index < -0.39 is 6.04 Å². The molecule has 5 heteroatoms. The summed E-state index contributed by atoms with van der Waals surface area (Å²) >= 11 is 0. The first-order valence-electron chi connectivity index (χ1n) is 7.94. The van der Waals surface area contributed by atoms with Gasteiger partial charge in [-0.3, -0.25) is 9.69 Å². The SMILES string of the molecule is CCC(C)[C@H](N)C(=O)NCC(c1ccco1)N1CCCC1. The third-order valence-electron chi connectivity index (χ3n) is 4.48. The average Bonchev–Trinajstić information content (AvgIpc) is 3.19. The summed E-state index contributed by atoms with van der Waals surface area (Å²) in [6.45, 7) is 6.72. The van der Waals surface area contributed by atoms with Gasteiger partial charge in [-0.2, -0.15) is 0 Å². The predicted molar refractivity (Wildman–Crippen MR) is 82.7 cm³/mol. The second-order valence-electron chi connectivity index (χ2n) is 5.93. The molecule has 1 aromatic rings. The molecule has 2 rings (SSSR count). The van der Waals surface area contributed by atoms with Crippen molar-refractivity contribution in [3.05, 3.63) is 24.2 Å². The van der Waals surface area contributed by atoms with E-state index >= 15 is 0 Å². The van der Waals surface area contributed by atoms with Crippen molar-refractivity contribution in [1.82, 2.24) is 10.2 Å². The van der Waals surface area contributed by atoms with Crippen LogP contribution >= 0.6 is 0 Å². The van der Waals surface area contributed by atoms with Crippen LogP contribution in [-0.2, 0) is 4.79 Å². The summed E-state index contributed by atoms with van der Waals surface area (Å²) in [5.41, 5.74) is 5.98. The first kappa shape index (κ1) is 16.0. The first-order chi connectivity index (χ1) is 10.1. The van der Waals surface area contributed by atoms with E-state index in [1.54, 1.807) is 6.26 Å². The predicted octanol–water partition coefficient (Wildman–Crippen LogP) is 1.91. The molecule has 1 saturated heterocycles. The molecule has 118 valence electrons. The highest BCUT2D eigenvalue weighted by molar-refractivity contribution is 5.81. The monoisotopic (exact) mass is 293 g/mol. The fourth-order valence-corrected chi connectivity index (χ4v) is 2.77. The van der Waals surface area contributed by atoms with Gasteiger partial charge in [0, 0.05) is 6.54 Å². The quantitative estimate of drug-likeness (QED) is 0.805. The van der Waals surface area contributed by atoms with Crippen molar-refractivity contribution in [2.75, 3.05) is 19.6 Å². The lowest BCUT2D eigenvalue weighted by molar-refractivity contribution is -0.123. The lowest BCUT2D eigenvalue weighted by Crippen LogP contribution is -2.47. The first-order valence-corrected chi connectivity index (χ1v) is 7.94. The summed E-state index contributed by atoms with van der Waals surface area (Å²) < 4.78 is 5.55. The van der Waals surface area contributed by atoms with Crippen molar-refractivity contribution < 1.29 is 9.21 Å². The van der Waals surface area contributed by atoms with Crippen molar-refractivity contribution in [2.45, 2.75) is 45.2 Å². The molecule has 2 unspecified atom stereocenters. The van der Waals surface area contributed by atoms with Gasteiger partial charge in [0.2, 0.25) is 5.91 Å². The fraction of sp³-hybridized carbons (Fsp3) is 0.688. The summed E-state index contributed by atoms with van der Waals surface area (Å²) in [7, 11) is 0. The molecule has 5 nitrogen and oxygen atoms in total. The van der Waals surface area contributed by atoms with Gasteiger partial charge in [0.05, 0.1) is 18.3 Å². The summed E-state index contributed by atoms with van der Waals surface area (Å²) in [4.78, 5) is 14.5. The van der Waals surface area contributed by atoms with Crippen LogP contribution in [0, 0.1) is 5.92 Å². The van der Waals surface area contributed by atoms with Crippen LogP contribution in [0.3, 0.4) is 0 Å². The highest BCUT2D eigenvalue weighted by Gasteiger charge is 2.27. The molecule has 1 aliphatic rings. The minimum absolute atomic E-state index is 0.0693. The van der Waals surface area contributed by atoms with Crippen LogP contribution in [0.15, 0.2) is 22.8 Å². The Morgan fingerprint density at radius 1 is 1.48 bits per heavy atom. The van der Waals surface area contributed by atoms with Gasteiger partial charge >= 0.3 is 0 Å². The number of nitrogens with one attached hydrogen (secondary N) is 1. The standard InChI is InChI=1S/C16H27N3O2/c1-3-12(2)15(17)16(20)18-11-13(14-7-6-10-21-14)19-8-4-5-9-19/h6-7,10,12-13,15H,3-5,8-9,11,17H2,1-2H3,(H,18,20)/t12?,13?,15-/m0/s1. The van der Waals surface area contributed by atoms with Gasteiger partial charge in [0.25, 0.3) is 0 Å². The molecule has 3 atom stereocenters. The maximum atomic E-state index is 12.1. The van der Waals surface area contributed by atoms with E-state index in [1.165, 1.54) is 12.8 Å². The Labute approximate surface area is 126 Å². The summed E-state index contributed by atoms with van der Waals surface area (Å²) in [5.74, 6) is 1.04. The number of nitrogens with two attached hydrogens (primary N) is 1. The minimum Gasteiger partial charge on any atom is -0.468 e. The van der Waals surface area contributed by atoms with Gasteiger partial charge in [-0.25, -0.2) is 0 Å². The van der Waals surface area contributed by atoms with Crippen molar-refractivity contribution in [2.24, 2.45) is 11.7 Å². The van der Waals surface area contributed by atoms with Crippen molar-refractivity contribution >= 4 is 5.91 Å². The highest BCUT2D eigenvalue weighted by atomic mass is 16.3.